The van der Waals surface area contributed by atoms with Gasteiger partial charge < -0.3 is 14.5 Å². The van der Waals surface area contributed by atoms with Gasteiger partial charge in [-0.1, -0.05) is 17.7 Å². The van der Waals surface area contributed by atoms with Gasteiger partial charge in [0.1, 0.15) is 11.3 Å². The molecule has 0 atom stereocenters. The Hall–Kier alpha value is -3.08. The Balaban J connectivity index is 1.60. The monoisotopic (exact) mass is 363 g/mol. The zero-order chi connectivity index (χ0) is 19.0. The van der Waals surface area contributed by atoms with E-state index in [9.17, 15) is 9.59 Å². The molecule has 0 bridgehead atoms. The summed E-state index contributed by atoms with van der Waals surface area (Å²) in [6.45, 7) is 3.79. The molecule has 5 nitrogen and oxygen atoms in total. The summed E-state index contributed by atoms with van der Waals surface area (Å²) in [6.07, 6.45) is 2.49. The molecular formula is C22H21NO4. The highest BCUT2D eigenvalue weighted by Gasteiger charge is 2.22. The number of nitrogens with one attached hydrogen (secondary N) is 1. The summed E-state index contributed by atoms with van der Waals surface area (Å²) in [6, 6.07) is 11.3. The Morgan fingerprint density at radius 3 is 2.59 bits per heavy atom. The van der Waals surface area contributed by atoms with Crippen LogP contribution in [-0.4, -0.2) is 12.5 Å². The van der Waals surface area contributed by atoms with Crippen LogP contribution in [0.5, 0.6) is 5.75 Å². The molecule has 1 aromatic heterocycles. The maximum Gasteiger partial charge on any atom is 0.339 e. The fourth-order valence-electron chi connectivity index (χ4n) is 3.60. The average Bonchev–Trinajstić information content (AvgIpc) is 3.11. The molecule has 0 spiro atoms. The van der Waals surface area contributed by atoms with Gasteiger partial charge in [0.2, 0.25) is 0 Å². The largest absolute Gasteiger partial charge is 0.483 e. The van der Waals surface area contributed by atoms with Crippen molar-refractivity contribution in [2.24, 2.45) is 0 Å². The van der Waals surface area contributed by atoms with E-state index in [0.29, 0.717) is 11.3 Å². The van der Waals surface area contributed by atoms with Gasteiger partial charge in [0.15, 0.2) is 6.61 Å². The van der Waals surface area contributed by atoms with Crippen LogP contribution in [-0.2, 0) is 17.6 Å². The summed E-state index contributed by atoms with van der Waals surface area (Å²) >= 11 is 0. The molecule has 27 heavy (non-hydrogen) atoms. The molecule has 1 N–H and O–H groups in total. The van der Waals surface area contributed by atoms with Crippen molar-refractivity contribution in [1.82, 2.24) is 0 Å². The SMILES string of the molecule is Cc1ccc(NC(=O)COc2cc(C)cc3oc(=O)c4c(c23)CCC4)cc1. The van der Waals surface area contributed by atoms with Gasteiger partial charge >= 0.3 is 5.63 Å². The quantitative estimate of drug-likeness (QED) is 0.714. The first kappa shape index (κ1) is 17.3. The Bertz CT molecular complexity index is 1080. The van der Waals surface area contributed by atoms with Crippen molar-refractivity contribution in [3.63, 3.8) is 0 Å². The molecule has 5 heteroatoms. The second-order valence-electron chi connectivity index (χ2n) is 7.04. The fourth-order valence-corrected chi connectivity index (χ4v) is 3.60. The number of amides is 1. The minimum absolute atomic E-state index is 0.111. The minimum Gasteiger partial charge on any atom is -0.483 e. The Kier molecular flexibility index (Phi) is 4.44. The lowest BCUT2D eigenvalue weighted by Crippen LogP contribution is -2.20. The lowest BCUT2D eigenvalue weighted by Gasteiger charge is -2.13. The van der Waals surface area contributed by atoms with Gasteiger partial charge in [-0.3, -0.25) is 4.79 Å². The van der Waals surface area contributed by atoms with E-state index in [2.05, 4.69) is 5.32 Å². The number of carbonyl (C=O) groups excluding carboxylic acids is 1. The van der Waals surface area contributed by atoms with E-state index in [-0.39, 0.29) is 18.1 Å². The van der Waals surface area contributed by atoms with Gasteiger partial charge in [0.05, 0.1) is 5.39 Å². The van der Waals surface area contributed by atoms with Crippen molar-refractivity contribution in [2.45, 2.75) is 33.1 Å². The van der Waals surface area contributed by atoms with Crippen molar-refractivity contribution >= 4 is 22.6 Å². The molecule has 0 saturated carbocycles. The second-order valence-corrected chi connectivity index (χ2v) is 7.04. The molecule has 4 rings (SSSR count). The summed E-state index contributed by atoms with van der Waals surface area (Å²) in [7, 11) is 0. The van der Waals surface area contributed by atoms with Gasteiger partial charge in [-0.2, -0.15) is 0 Å². The third-order valence-electron chi connectivity index (χ3n) is 4.87. The van der Waals surface area contributed by atoms with Crippen LogP contribution >= 0.6 is 0 Å². The Labute approximate surface area is 157 Å². The van der Waals surface area contributed by atoms with Gasteiger partial charge in [-0.05, 0) is 68.5 Å². The highest BCUT2D eigenvalue weighted by Crippen LogP contribution is 2.35. The van der Waals surface area contributed by atoms with E-state index in [1.807, 2.05) is 50.2 Å². The van der Waals surface area contributed by atoms with E-state index in [0.717, 1.165) is 52.6 Å². The van der Waals surface area contributed by atoms with E-state index in [1.165, 1.54) is 0 Å². The first-order valence-electron chi connectivity index (χ1n) is 9.10. The minimum atomic E-state index is -0.260. The smallest absolute Gasteiger partial charge is 0.339 e. The first-order chi connectivity index (χ1) is 13.0. The predicted octanol–water partition coefficient (Wildman–Crippen LogP) is 3.92. The maximum absolute atomic E-state index is 12.3. The number of benzene rings is 2. The van der Waals surface area contributed by atoms with Gasteiger partial charge in [0.25, 0.3) is 5.91 Å². The van der Waals surface area contributed by atoms with Crippen LogP contribution in [0.2, 0.25) is 0 Å². The number of hydrogen-bond donors (Lipinski definition) is 1. The summed E-state index contributed by atoms with van der Waals surface area (Å²) < 4.78 is 11.4. The van der Waals surface area contributed by atoms with Crippen LogP contribution in [0.4, 0.5) is 5.69 Å². The number of rotatable bonds is 4. The topological polar surface area (TPSA) is 68.5 Å². The van der Waals surface area contributed by atoms with Gasteiger partial charge in [0, 0.05) is 11.3 Å². The molecule has 1 amide bonds. The molecular weight excluding hydrogens is 342 g/mol. The lowest BCUT2D eigenvalue weighted by molar-refractivity contribution is -0.118. The Morgan fingerprint density at radius 2 is 1.81 bits per heavy atom. The second kappa shape index (κ2) is 6.91. The van der Waals surface area contributed by atoms with E-state index in [1.54, 1.807) is 0 Å². The number of fused-ring (bicyclic) bond motifs is 3. The molecule has 138 valence electrons. The number of carbonyl (C=O) groups is 1. The summed E-state index contributed by atoms with van der Waals surface area (Å²) in [5.74, 6) is 0.355. The molecule has 2 aromatic carbocycles. The number of hydrogen-bond acceptors (Lipinski definition) is 4. The van der Waals surface area contributed by atoms with Crippen LogP contribution in [0, 0.1) is 13.8 Å². The summed E-state index contributed by atoms with van der Waals surface area (Å²) in [5.41, 5.74) is 4.77. The van der Waals surface area contributed by atoms with Crippen LogP contribution < -0.4 is 15.7 Å². The standard InChI is InChI=1S/C22H21NO4/c1-13-6-8-15(9-7-13)23-20(24)12-26-18-10-14(2)11-19-21(18)16-4-3-5-17(16)22(25)27-19/h6-11H,3-5,12H2,1-2H3,(H,23,24). The molecule has 0 saturated heterocycles. The molecule has 0 aliphatic heterocycles. The van der Waals surface area contributed by atoms with Crippen molar-refractivity contribution < 1.29 is 13.9 Å². The highest BCUT2D eigenvalue weighted by atomic mass is 16.5. The van der Waals surface area contributed by atoms with E-state index < -0.39 is 0 Å². The van der Waals surface area contributed by atoms with Crippen LogP contribution in [0.25, 0.3) is 11.0 Å². The van der Waals surface area contributed by atoms with Crippen LogP contribution in [0.1, 0.15) is 28.7 Å². The zero-order valence-electron chi connectivity index (χ0n) is 15.4. The maximum atomic E-state index is 12.3. The molecule has 0 radical (unpaired) electrons. The molecule has 1 aliphatic carbocycles. The van der Waals surface area contributed by atoms with E-state index >= 15 is 0 Å². The third kappa shape index (κ3) is 3.45. The predicted molar refractivity (Wildman–Crippen MR) is 105 cm³/mol. The third-order valence-corrected chi connectivity index (χ3v) is 4.87. The summed E-state index contributed by atoms with van der Waals surface area (Å²) in [4.78, 5) is 24.4. The van der Waals surface area contributed by atoms with Crippen molar-refractivity contribution in [2.75, 3.05) is 11.9 Å². The highest BCUT2D eigenvalue weighted by molar-refractivity contribution is 5.93. The number of aryl methyl sites for hydroxylation is 3. The number of ether oxygens (including phenoxy) is 1. The molecule has 0 unspecified atom stereocenters. The average molecular weight is 363 g/mol. The Morgan fingerprint density at radius 1 is 1.07 bits per heavy atom. The molecule has 0 fully saturated rings. The normalized spacial score (nSPS) is 12.8. The van der Waals surface area contributed by atoms with E-state index in [4.69, 9.17) is 9.15 Å². The van der Waals surface area contributed by atoms with Crippen LogP contribution in [0.15, 0.2) is 45.6 Å². The molecule has 1 heterocycles. The molecule has 1 aliphatic rings. The van der Waals surface area contributed by atoms with Crippen molar-refractivity contribution in [3.8, 4) is 5.75 Å². The van der Waals surface area contributed by atoms with Gasteiger partial charge in [-0.25, -0.2) is 4.79 Å². The number of anilines is 1. The molecule has 3 aromatic rings. The summed E-state index contributed by atoms with van der Waals surface area (Å²) in [5, 5.41) is 3.64. The zero-order valence-corrected chi connectivity index (χ0v) is 15.4. The van der Waals surface area contributed by atoms with Gasteiger partial charge in [-0.15, -0.1) is 0 Å². The van der Waals surface area contributed by atoms with Crippen LogP contribution in [0.3, 0.4) is 0 Å². The fraction of sp³-hybridized carbons (Fsp3) is 0.273. The lowest BCUT2D eigenvalue weighted by atomic mass is 10.0. The van der Waals surface area contributed by atoms with Crippen molar-refractivity contribution in [1.29, 1.82) is 0 Å². The van der Waals surface area contributed by atoms with Crippen molar-refractivity contribution in [3.05, 3.63) is 69.1 Å². The first-order valence-corrected chi connectivity index (χ1v) is 9.10.